The van der Waals surface area contributed by atoms with Gasteiger partial charge in [-0.25, -0.2) is 0 Å². The van der Waals surface area contributed by atoms with E-state index in [0.29, 0.717) is 5.88 Å². The predicted molar refractivity (Wildman–Crippen MR) is 74.1 cm³/mol. The Hall–Kier alpha value is -1.35. The molecule has 2 aromatic rings. The molecule has 0 saturated carbocycles. The summed E-state index contributed by atoms with van der Waals surface area (Å²) in [4.78, 5) is 0. The molecule has 0 bridgehead atoms. The van der Waals surface area contributed by atoms with E-state index in [4.69, 9.17) is 11.6 Å². The summed E-state index contributed by atoms with van der Waals surface area (Å²) in [5, 5.41) is 8.43. The molecule has 0 spiro atoms. The molecule has 0 unspecified atom stereocenters. The minimum absolute atomic E-state index is 0.385. The second kappa shape index (κ2) is 6.55. The molecular weight excluding hydrogens is 246 g/mol. The predicted octanol–water partition coefficient (Wildman–Crippen LogP) is 3.74. The van der Waals surface area contributed by atoms with Crippen molar-refractivity contribution in [3.63, 3.8) is 0 Å². The molecule has 0 atom stereocenters. The molecule has 1 heterocycles. The zero-order valence-electron chi connectivity index (χ0n) is 10.6. The molecule has 1 aromatic heterocycles. The van der Waals surface area contributed by atoms with E-state index in [2.05, 4.69) is 33.8 Å². The second-order valence-corrected chi connectivity index (χ2v) is 4.56. The van der Waals surface area contributed by atoms with Crippen LogP contribution in [0.25, 0.3) is 5.69 Å². The summed E-state index contributed by atoms with van der Waals surface area (Å²) in [7, 11) is 0. The molecule has 0 fully saturated rings. The second-order valence-electron chi connectivity index (χ2n) is 4.29. The molecule has 0 aliphatic rings. The number of hydrogen-bond donors (Lipinski definition) is 0. The smallest absolute Gasteiger partial charge is 0.152 e. The van der Waals surface area contributed by atoms with Gasteiger partial charge in [0.05, 0.1) is 5.88 Å². The van der Waals surface area contributed by atoms with Gasteiger partial charge in [0.25, 0.3) is 0 Å². The summed E-state index contributed by atoms with van der Waals surface area (Å²) < 4.78 is 2.07. The van der Waals surface area contributed by atoms with E-state index in [9.17, 15) is 0 Å². The first-order valence-electron chi connectivity index (χ1n) is 6.41. The van der Waals surface area contributed by atoms with E-state index in [1.165, 1.54) is 12.8 Å². The Kier molecular flexibility index (Phi) is 4.76. The highest BCUT2D eigenvalue weighted by Crippen LogP contribution is 2.16. The van der Waals surface area contributed by atoms with Crippen molar-refractivity contribution in [3.8, 4) is 5.69 Å². The standard InChI is InChI=1S/C14H18ClN3/c1-2-3-5-10-13-16-17-14(11-15)18(13)12-8-6-4-7-9-12/h4,6-9H,2-3,5,10-11H2,1H3. The van der Waals surface area contributed by atoms with Gasteiger partial charge in [-0.3, -0.25) is 4.57 Å². The van der Waals surface area contributed by atoms with Gasteiger partial charge in [-0.05, 0) is 18.6 Å². The van der Waals surface area contributed by atoms with Gasteiger partial charge in [-0.1, -0.05) is 38.0 Å². The summed E-state index contributed by atoms with van der Waals surface area (Å²) in [5.74, 6) is 2.20. The van der Waals surface area contributed by atoms with Gasteiger partial charge in [-0.15, -0.1) is 21.8 Å². The summed E-state index contributed by atoms with van der Waals surface area (Å²) in [5.41, 5.74) is 1.09. The fourth-order valence-electron chi connectivity index (χ4n) is 2.01. The number of aryl methyl sites for hydroxylation is 1. The minimum Gasteiger partial charge on any atom is -0.282 e. The van der Waals surface area contributed by atoms with Crippen molar-refractivity contribution in [2.24, 2.45) is 0 Å². The Labute approximate surface area is 113 Å². The zero-order chi connectivity index (χ0) is 12.8. The van der Waals surface area contributed by atoms with E-state index >= 15 is 0 Å². The lowest BCUT2D eigenvalue weighted by Gasteiger charge is -2.08. The highest BCUT2D eigenvalue weighted by molar-refractivity contribution is 6.16. The summed E-state index contributed by atoms with van der Waals surface area (Å²) in [6.45, 7) is 2.20. The molecule has 2 rings (SSSR count). The average Bonchev–Trinajstić information content (AvgIpc) is 2.83. The summed E-state index contributed by atoms with van der Waals surface area (Å²) >= 11 is 5.93. The molecule has 18 heavy (non-hydrogen) atoms. The number of nitrogens with zero attached hydrogens (tertiary/aromatic N) is 3. The SMILES string of the molecule is CCCCCc1nnc(CCl)n1-c1ccccc1. The van der Waals surface area contributed by atoms with Gasteiger partial charge in [-0.2, -0.15) is 0 Å². The monoisotopic (exact) mass is 263 g/mol. The molecule has 1 aromatic carbocycles. The molecule has 96 valence electrons. The Morgan fingerprint density at radius 2 is 1.78 bits per heavy atom. The van der Waals surface area contributed by atoms with Crippen molar-refractivity contribution < 1.29 is 0 Å². The molecule has 3 nitrogen and oxygen atoms in total. The van der Waals surface area contributed by atoms with Crippen molar-refractivity contribution in [3.05, 3.63) is 42.0 Å². The van der Waals surface area contributed by atoms with Crippen LogP contribution in [0.2, 0.25) is 0 Å². The quantitative estimate of drug-likeness (QED) is 0.587. The minimum atomic E-state index is 0.385. The molecule has 0 aliphatic carbocycles. The van der Waals surface area contributed by atoms with Crippen LogP contribution in [0.5, 0.6) is 0 Å². The highest BCUT2D eigenvalue weighted by atomic mass is 35.5. The van der Waals surface area contributed by atoms with E-state index in [1.807, 2.05) is 18.2 Å². The third-order valence-corrected chi connectivity index (χ3v) is 3.17. The molecule has 0 radical (unpaired) electrons. The average molecular weight is 264 g/mol. The molecular formula is C14H18ClN3. The molecule has 0 amide bonds. The number of aromatic nitrogens is 3. The normalized spacial score (nSPS) is 10.8. The molecule has 0 N–H and O–H groups in total. The van der Waals surface area contributed by atoms with Crippen molar-refractivity contribution in [2.45, 2.75) is 38.5 Å². The van der Waals surface area contributed by atoms with Gasteiger partial charge in [0.2, 0.25) is 0 Å². The van der Waals surface area contributed by atoms with Gasteiger partial charge in [0.1, 0.15) is 5.82 Å². The lowest BCUT2D eigenvalue weighted by molar-refractivity contribution is 0.682. The Bertz CT molecular complexity index is 479. The number of halogens is 1. The van der Waals surface area contributed by atoms with Crippen LogP contribution in [0, 0.1) is 0 Å². The Balaban J connectivity index is 2.28. The lowest BCUT2D eigenvalue weighted by atomic mass is 10.2. The van der Waals surface area contributed by atoms with Crippen LogP contribution < -0.4 is 0 Å². The van der Waals surface area contributed by atoms with Gasteiger partial charge in [0, 0.05) is 12.1 Å². The van der Waals surface area contributed by atoms with Crippen LogP contribution in [0.15, 0.2) is 30.3 Å². The Morgan fingerprint density at radius 3 is 2.44 bits per heavy atom. The third-order valence-electron chi connectivity index (χ3n) is 2.93. The maximum absolute atomic E-state index is 5.93. The van der Waals surface area contributed by atoms with Gasteiger partial charge < -0.3 is 0 Å². The molecule has 0 aliphatic heterocycles. The van der Waals surface area contributed by atoms with Crippen LogP contribution in [-0.2, 0) is 12.3 Å². The van der Waals surface area contributed by atoms with Crippen molar-refractivity contribution in [1.29, 1.82) is 0 Å². The van der Waals surface area contributed by atoms with E-state index in [1.54, 1.807) is 0 Å². The van der Waals surface area contributed by atoms with Crippen molar-refractivity contribution in [1.82, 2.24) is 14.8 Å². The summed E-state index contributed by atoms with van der Waals surface area (Å²) in [6.07, 6.45) is 4.52. The van der Waals surface area contributed by atoms with Crippen LogP contribution in [-0.4, -0.2) is 14.8 Å². The van der Waals surface area contributed by atoms with E-state index < -0.39 is 0 Å². The third kappa shape index (κ3) is 2.91. The number of unbranched alkanes of at least 4 members (excludes halogenated alkanes) is 2. The number of hydrogen-bond acceptors (Lipinski definition) is 2. The summed E-state index contributed by atoms with van der Waals surface area (Å²) in [6, 6.07) is 10.2. The van der Waals surface area contributed by atoms with Crippen molar-refractivity contribution in [2.75, 3.05) is 0 Å². The first-order chi connectivity index (χ1) is 8.86. The van der Waals surface area contributed by atoms with Gasteiger partial charge in [0.15, 0.2) is 5.82 Å². The molecule has 4 heteroatoms. The number of para-hydroxylation sites is 1. The fraction of sp³-hybridized carbons (Fsp3) is 0.429. The highest BCUT2D eigenvalue weighted by Gasteiger charge is 2.12. The Morgan fingerprint density at radius 1 is 1.06 bits per heavy atom. The zero-order valence-corrected chi connectivity index (χ0v) is 11.4. The van der Waals surface area contributed by atoms with E-state index in [0.717, 1.165) is 30.2 Å². The molecule has 0 saturated heterocycles. The first-order valence-corrected chi connectivity index (χ1v) is 6.94. The van der Waals surface area contributed by atoms with Crippen LogP contribution >= 0.6 is 11.6 Å². The maximum atomic E-state index is 5.93. The first kappa shape index (κ1) is 13.1. The van der Waals surface area contributed by atoms with E-state index in [-0.39, 0.29) is 0 Å². The van der Waals surface area contributed by atoms with Crippen molar-refractivity contribution >= 4 is 11.6 Å². The van der Waals surface area contributed by atoms with Crippen LogP contribution in [0.1, 0.15) is 37.8 Å². The van der Waals surface area contributed by atoms with Gasteiger partial charge >= 0.3 is 0 Å². The van der Waals surface area contributed by atoms with Crippen LogP contribution in [0.4, 0.5) is 0 Å². The topological polar surface area (TPSA) is 30.7 Å². The number of alkyl halides is 1. The van der Waals surface area contributed by atoms with Crippen LogP contribution in [0.3, 0.4) is 0 Å². The largest absolute Gasteiger partial charge is 0.282 e. The maximum Gasteiger partial charge on any atom is 0.152 e. The number of benzene rings is 1. The lowest BCUT2D eigenvalue weighted by Crippen LogP contribution is -2.04. The fourth-order valence-corrected chi connectivity index (χ4v) is 2.18. The number of rotatable bonds is 6.